The molecule has 0 aromatic rings. The summed E-state index contributed by atoms with van der Waals surface area (Å²) in [6.45, 7) is 12.6. The largest absolute Gasteiger partial charge is 0.303 e. The Morgan fingerprint density at radius 1 is 0.933 bits per heavy atom. The number of hydrogen-bond donors (Lipinski definition) is 0. The molecule has 0 radical (unpaired) electrons. The van der Waals surface area contributed by atoms with Gasteiger partial charge < -0.3 is 4.90 Å². The van der Waals surface area contributed by atoms with Gasteiger partial charge in [-0.25, -0.2) is 0 Å². The van der Waals surface area contributed by atoms with Crippen LogP contribution in [0.2, 0.25) is 0 Å². The third-order valence-electron chi connectivity index (χ3n) is 2.83. The van der Waals surface area contributed by atoms with Gasteiger partial charge in [-0.15, -0.1) is 0 Å². The van der Waals surface area contributed by atoms with Gasteiger partial charge in [-0.2, -0.15) is 0 Å². The van der Waals surface area contributed by atoms with Crippen LogP contribution in [0.4, 0.5) is 0 Å². The maximum Gasteiger partial charge on any atom is 0.000966 e. The lowest BCUT2D eigenvalue weighted by Crippen LogP contribution is -2.27. The van der Waals surface area contributed by atoms with Crippen molar-refractivity contribution >= 4 is 0 Å². The second kappa shape index (κ2) is 10.5. The lowest BCUT2D eigenvalue weighted by atomic mass is 10.2. The predicted molar refractivity (Wildman–Crippen MR) is 70.3 cm³/mol. The topological polar surface area (TPSA) is 3.24 Å². The van der Waals surface area contributed by atoms with Crippen LogP contribution in [-0.4, -0.2) is 24.5 Å². The van der Waals surface area contributed by atoms with Crippen LogP contribution >= 0.6 is 0 Å². The molecular formula is C14H31N. The molecule has 0 bridgehead atoms. The van der Waals surface area contributed by atoms with Gasteiger partial charge >= 0.3 is 0 Å². The monoisotopic (exact) mass is 213 g/mol. The van der Waals surface area contributed by atoms with Crippen molar-refractivity contribution in [3.8, 4) is 0 Å². The molecule has 0 amide bonds. The molecule has 1 saturated carbocycles. The van der Waals surface area contributed by atoms with E-state index in [9.17, 15) is 0 Å². The number of rotatable bonds is 8. The van der Waals surface area contributed by atoms with Gasteiger partial charge in [0.15, 0.2) is 0 Å². The van der Waals surface area contributed by atoms with Gasteiger partial charge in [-0.05, 0) is 44.7 Å². The van der Waals surface area contributed by atoms with E-state index >= 15 is 0 Å². The van der Waals surface area contributed by atoms with Crippen LogP contribution in [0.5, 0.6) is 0 Å². The fraction of sp³-hybridized carbons (Fsp3) is 1.00. The lowest BCUT2D eigenvalue weighted by Gasteiger charge is -2.21. The van der Waals surface area contributed by atoms with Crippen LogP contribution < -0.4 is 0 Å². The van der Waals surface area contributed by atoms with E-state index in [0.29, 0.717) is 0 Å². The first-order valence-corrected chi connectivity index (χ1v) is 7.09. The van der Waals surface area contributed by atoms with Gasteiger partial charge in [0.1, 0.15) is 0 Å². The summed E-state index contributed by atoms with van der Waals surface area (Å²) >= 11 is 0. The highest BCUT2D eigenvalue weighted by Gasteiger charge is 2.23. The molecular weight excluding hydrogens is 182 g/mol. The molecule has 15 heavy (non-hydrogen) atoms. The molecule has 0 saturated heterocycles. The fourth-order valence-corrected chi connectivity index (χ4v) is 1.86. The maximum atomic E-state index is 2.67. The van der Waals surface area contributed by atoms with Crippen molar-refractivity contribution in [2.24, 2.45) is 5.92 Å². The first kappa shape index (κ1) is 15.0. The third-order valence-corrected chi connectivity index (χ3v) is 2.83. The fourth-order valence-electron chi connectivity index (χ4n) is 1.86. The van der Waals surface area contributed by atoms with E-state index in [-0.39, 0.29) is 0 Å². The zero-order valence-corrected chi connectivity index (χ0v) is 11.4. The van der Waals surface area contributed by atoms with E-state index in [1.807, 2.05) is 13.8 Å². The van der Waals surface area contributed by atoms with Gasteiger partial charge in [0.2, 0.25) is 0 Å². The van der Waals surface area contributed by atoms with Crippen LogP contribution in [-0.2, 0) is 0 Å². The van der Waals surface area contributed by atoms with E-state index in [2.05, 4.69) is 18.7 Å². The lowest BCUT2D eigenvalue weighted by molar-refractivity contribution is 0.258. The Balaban J connectivity index is 0.000000921. The number of nitrogens with zero attached hydrogens (tertiary/aromatic N) is 1. The van der Waals surface area contributed by atoms with Gasteiger partial charge in [-0.1, -0.05) is 40.5 Å². The Labute approximate surface area is 97.2 Å². The van der Waals surface area contributed by atoms with Gasteiger partial charge in [0, 0.05) is 6.54 Å². The molecule has 0 aliphatic heterocycles. The Bertz CT molecular complexity index is 119. The summed E-state index contributed by atoms with van der Waals surface area (Å²) in [6, 6.07) is 0. The highest BCUT2D eigenvalue weighted by Crippen LogP contribution is 2.29. The Hall–Kier alpha value is -0.0400. The molecule has 0 atom stereocenters. The van der Waals surface area contributed by atoms with Crippen LogP contribution in [0.15, 0.2) is 0 Å². The first-order chi connectivity index (χ1) is 7.36. The summed E-state index contributed by atoms with van der Waals surface area (Å²) < 4.78 is 0. The normalized spacial score (nSPS) is 15.0. The van der Waals surface area contributed by atoms with Gasteiger partial charge in [0.25, 0.3) is 0 Å². The third kappa shape index (κ3) is 8.92. The van der Waals surface area contributed by atoms with Crippen molar-refractivity contribution in [2.75, 3.05) is 19.6 Å². The van der Waals surface area contributed by atoms with E-state index in [1.54, 1.807) is 0 Å². The van der Waals surface area contributed by atoms with E-state index < -0.39 is 0 Å². The van der Waals surface area contributed by atoms with Gasteiger partial charge in [0.05, 0.1) is 0 Å². The average molecular weight is 213 g/mol. The first-order valence-electron chi connectivity index (χ1n) is 7.09. The Morgan fingerprint density at radius 3 is 2.07 bits per heavy atom. The number of unbranched alkanes of at least 4 members (excludes halogenated alkanes) is 2. The molecule has 1 fully saturated rings. The van der Waals surface area contributed by atoms with Crippen molar-refractivity contribution in [1.82, 2.24) is 4.90 Å². The molecule has 0 spiro atoms. The quantitative estimate of drug-likeness (QED) is 0.543. The summed E-state index contributed by atoms with van der Waals surface area (Å²) in [7, 11) is 0. The summed E-state index contributed by atoms with van der Waals surface area (Å²) in [5, 5.41) is 0. The SMILES string of the molecule is CC.CCCCCN(CCC)CC1CC1. The Morgan fingerprint density at radius 2 is 1.60 bits per heavy atom. The molecule has 92 valence electrons. The highest BCUT2D eigenvalue weighted by molar-refractivity contribution is 4.77. The van der Waals surface area contributed by atoms with E-state index in [1.165, 1.54) is 58.2 Å². The molecule has 1 heteroatoms. The Kier molecular flexibility index (Phi) is 10.4. The molecule has 0 N–H and O–H groups in total. The summed E-state index contributed by atoms with van der Waals surface area (Å²) in [6.07, 6.45) is 8.47. The van der Waals surface area contributed by atoms with Crippen molar-refractivity contribution in [2.45, 2.75) is 66.2 Å². The molecule has 1 aliphatic carbocycles. The highest BCUT2D eigenvalue weighted by atomic mass is 15.1. The van der Waals surface area contributed by atoms with E-state index in [0.717, 1.165) is 5.92 Å². The molecule has 1 rings (SSSR count). The zero-order valence-electron chi connectivity index (χ0n) is 11.4. The average Bonchev–Trinajstić information content (AvgIpc) is 3.05. The predicted octanol–water partition coefficient (Wildman–Crippen LogP) is 4.32. The van der Waals surface area contributed by atoms with E-state index in [4.69, 9.17) is 0 Å². The minimum Gasteiger partial charge on any atom is -0.303 e. The second-order valence-corrected chi connectivity index (χ2v) is 4.45. The van der Waals surface area contributed by atoms with Crippen molar-refractivity contribution < 1.29 is 0 Å². The zero-order chi connectivity index (χ0) is 11.5. The maximum absolute atomic E-state index is 2.67. The van der Waals surface area contributed by atoms with Crippen LogP contribution in [0.25, 0.3) is 0 Å². The van der Waals surface area contributed by atoms with Crippen LogP contribution in [0.3, 0.4) is 0 Å². The minimum absolute atomic E-state index is 1.06. The van der Waals surface area contributed by atoms with Crippen molar-refractivity contribution in [3.05, 3.63) is 0 Å². The molecule has 0 heterocycles. The number of hydrogen-bond acceptors (Lipinski definition) is 1. The summed E-state index contributed by atoms with van der Waals surface area (Å²) in [5.41, 5.74) is 0. The molecule has 0 aromatic carbocycles. The summed E-state index contributed by atoms with van der Waals surface area (Å²) in [4.78, 5) is 2.67. The second-order valence-electron chi connectivity index (χ2n) is 4.45. The smallest absolute Gasteiger partial charge is 0.000966 e. The van der Waals surface area contributed by atoms with Crippen LogP contribution in [0, 0.1) is 5.92 Å². The molecule has 1 aliphatic rings. The van der Waals surface area contributed by atoms with Crippen molar-refractivity contribution in [3.63, 3.8) is 0 Å². The molecule has 0 aromatic heterocycles. The minimum atomic E-state index is 1.06. The summed E-state index contributed by atoms with van der Waals surface area (Å²) in [5.74, 6) is 1.06. The van der Waals surface area contributed by atoms with Gasteiger partial charge in [-0.3, -0.25) is 0 Å². The van der Waals surface area contributed by atoms with Crippen LogP contribution in [0.1, 0.15) is 66.2 Å². The molecule has 1 nitrogen and oxygen atoms in total. The standard InChI is InChI=1S/C12H25N.C2H6/c1-3-5-6-10-13(9-4-2)11-12-7-8-12;1-2/h12H,3-11H2,1-2H3;1-2H3. The van der Waals surface area contributed by atoms with Crippen molar-refractivity contribution in [1.29, 1.82) is 0 Å². The molecule has 0 unspecified atom stereocenters.